The number of esters is 1. The highest BCUT2D eigenvalue weighted by Crippen LogP contribution is 2.22. The van der Waals surface area contributed by atoms with Crippen molar-refractivity contribution in [2.75, 3.05) is 25.0 Å². The Bertz CT molecular complexity index is 599. The SMILES string of the molecule is CCOC(=O)c1csc(NC(=O)[C@@H]2CC(=O)N(CC(C)C)C2)n1. The average molecular weight is 339 g/mol. The summed E-state index contributed by atoms with van der Waals surface area (Å²) in [5, 5.41) is 4.56. The molecule has 1 aliphatic heterocycles. The molecule has 8 heteroatoms. The Hall–Kier alpha value is -1.96. The third-order valence-electron chi connectivity index (χ3n) is 3.39. The maximum atomic E-state index is 12.3. The van der Waals surface area contributed by atoms with Crippen LogP contribution in [0, 0.1) is 11.8 Å². The highest BCUT2D eigenvalue weighted by Gasteiger charge is 2.34. The van der Waals surface area contributed by atoms with Crippen molar-refractivity contribution < 1.29 is 19.1 Å². The predicted molar refractivity (Wildman–Crippen MR) is 86.2 cm³/mol. The predicted octanol–water partition coefficient (Wildman–Crippen LogP) is 1.76. The van der Waals surface area contributed by atoms with Gasteiger partial charge in [0.05, 0.1) is 12.5 Å². The largest absolute Gasteiger partial charge is 0.461 e. The lowest BCUT2D eigenvalue weighted by Crippen LogP contribution is -2.31. The standard InChI is InChI=1S/C15H21N3O4S/c1-4-22-14(21)11-8-23-15(16-11)17-13(20)10-5-12(19)18(7-10)6-9(2)3/h8-10H,4-7H2,1-3H3,(H,16,17,20)/t10-/m1/s1. The van der Waals surface area contributed by atoms with E-state index in [1.165, 1.54) is 0 Å². The molecule has 0 radical (unpaired) electrons. The molecule has 1 saturated heterocycles. The summed E-state index contributed by atoms with van der Waals surface area (Å²) in [7, 11) is 0. The van der Waals surface area contributed by atoms with E-state index in [-0.39, 0.29) is 36.5 Å². The van der Waals surface area contributed by atoms with Crippen LogP contribution in [-0.4, -0.2) is 47.4 Å². The summed E-state index contributed by atoms with van der Waals surface area (Å²) < 4.78 is 4.85. The van der Waals surface area contributed by atoms with Gasteiger partial charge in [-0.3, -0.25) is 9.59 Å². The Morgan fingerprint density at radius 2 is 2.26 bits per heavy atom. The van der Waals surface area contributed by atoms with Crippen molar-refractivity contribution in [3.8, 4) is 0 Å². The van der Waals surface area contributed by atoms with Crippen molar-refractivity contribution in [3.63, 3.8) is 0 Å². The molecule has 0 aromatic carbocycles. The number of nitrogens with zero attached hydrogens (tertiary/aromatic N) is 2. The van der Waals surface area contributed by atoms with Crippen LogP contribution in [0.1, 0.15) is 37.7 Å². The Balaban J connectivity index is 1.92. The van der Waals surface area contributed by atoms with Crippen LogP contribution in [0.4, 0.5) is 5.13 Å². The van der Waals surface area contributed by atoms with Crippen molar-refractivity contribution in [2.24, 2.45) is 11.8 Å². The van der Waals surface area contributed by atoms with Crippen LogP contribution in [0.3, 0.4) is 0 Å². The topological polar surface area (TPSA) is 88.6 Å². The number of rotatable bonds is 6. The molecule has 0 saturated carbocycles. The van der Waals surface area contributed by atoms with Crippen LogP contribution < -0.4 is 5.32 Å². The molecular weight excluding hydrogens is 318 g/mol. The van der Waals surface area contributed by atoms with Gasteiger partial charge in [-0.05, 0) is 12.8 Å². The Kier molecular flexibility index (Phi) is 5.70. The number of hydrogen-bond acceptors (Lipinski definition) is 6. The van der Waals surface area contributed by atoms with E-state index in [1.54, 1.807) is 17.2 Å². The number of carbonyl (C=O) groups is 3. The monoisotopic (exact) mass is 339 g/mol. The summed E-state index contributed by atoms with van der Waals surface area (Å²) in [5.41, 5.74) is 0.177. The molecule has 2 amide bonds. The average Bonchev–Trinajstić information content (AvgIpc) is 3.06. The molecule has 0 aliphatic carbocycles. The van der Waals surface area contributed by atoms with Gasteiger partial charge < -0.3 is 15.0 Å². The van der Waals surface area contributed by atoms with Gasteiger partial charge in [0.1, 0.15) is 0 Å². The van der Waals surface area contributed by atoms with Gasteiger partial charge in [0, 0.05) is 24.9 Å². The number of aromatic nitrogens is 1. The molecule has 1 aromatic heterocycles. The fourth-order valence-electron chi connectivity index (χ4n) is 2.40. The van der Waals surface area contributed by atoms with Crippen LogP contribution in [-0.2, 0) is 14.3 Å². The summed E-state index contributed by atoms with van der Waals surface area (Å²) >= 11 is 1.16. The second-order valence-electron chi connectivity index (χ2n) is 5.84. The van der Waals surface area contributed by atoms with Crippen LogP contribution in [0.15, 0.2) is 5.38 Å². The second-order valence-corrected chi connectivity index (χ2v) is 6.70. The normalized spacial score (nSPS) is 17.7. The molecule has 2 rings (SSSR count). The number of carbonyl (C=O) groups excluding carboxylic acids is 3. The minimum Gasteiger partial charge on any atom is -0.461 e. The van der Waals surface area contributed by atoms with Gasteiger partial charge in [0.2, 0.25) is 11.8 Å². The minimum atomic E-state index is -0.511. The molecule has 2 heterocycles. The van der Waals surface area contributed by atoms with Gasteiger partial charge in [-0.25, -0.2) is 9.78 Å². The van der Waals surface area contributed by atoms with Gasteiger partial charge in [0.25, 0.3) is 0 Å². The van der Waals surface area contributed by atoms with Crippen LogP contribution in [0.25, 0.3) is 0 Å². The Labute approximate surface area is 139 Å². The molecule has 1 N–H and O–H groups in total. The third-order valence-corrected chi connectivity index (χ3v) is 4.15. The van der Waals surface area contributed by atoms with Gasteiger partial charge in [-0.1, -0.05) is 13.8 Å². The summed E-state index contributed by atoms with van der Waals surface area (Å²) in [5.74, 6) is -0.758. The van der Waals surface area contributed by atoms with E-state index < -0.39 is 5.97 Å². The fourth-order valence-corrected chi connectivity index (χ4v) is 3.09. The zero-order chi connectivity index (χ0) is 17.0. The third kappa shape index (κ3) is 4.51. The fraction of sp³-hybridized carbons (Fsp3) is 0.600. The molecule has 1 aromatic rings. The quantitative estimate of drug-likeness (QED) is 0.798. The lowest BCUT2D eigenvalue weighted by atomic mass is 10.1. The van der Waals surface area contributed by atoms with Crippen molar-refractivity contribution in [1.82, 2.24) is 9.88 Å². The summed E-state index contributed by atoms with van der Waals surface area (Å²) in [4.78, 5) is 41.5. The molecule has 7 nitrogen and oxygen atoms in total. The van der Waals surface area contributed by atoms with E-state index in [2.05, 4.69) is 10.3 Å². The molecule has 1 aliphatic rings. The smallest absolute Gasteiger partial charge is 0.357 e. The molecule has 1 atom stereocenters. The minimum absolute atomic E-state index is 0.00482. The first-order valence-corrected chi connectivity index (χ1v) is 8.50. The lowest BCUT2D eigenvalue weighted by Gasteiger charge is -2.18. The second kappa shape index (κ2) is 7.54. The first-order chi connectivity index (χ1) is 10.9. The Morgan fingerprint density at radius 1 is 1.52 bits per heavy atom. The molecule has 126 valence electrons. The van der Waals surface area contributed by atoms with E-state index in [0.29, 0.717) is 24.1 Å². The molecule has 0 spiro atoms. The molecule has 0 bridgehead atoms. The van der Waals surface area contributed by atoms with E-state index in [9.17, 15) is 14.4 Å². The van der Waals surface area contributed by atoms with Gasteiger partial charge >= 0.3 is 5.97 Å². The van der Waals surface area contributed by atoms with Gasteiger partial charge in [-0.2, -0.15) is 0 Å². The van der Waals surface area contributed by atoms with Crippen LogP contribution in [0.5, 0.6) is 0 Å². The van der Waals surface area contributed by atoms with Crippen LogP contribution >= 0.6 is 11.3 Å². The van der Waals surface area contributed by atoms with E-state index in [0.717, 1.165) is 11.3 Å². The maximum Gasteiger partial charge on any atom is 0.357 e. The van der Waals surface area contributed by atoms with Gasteiger partial charge in [-0.15, -0.1) is 11.3 Å². The highest BCUT2D eigenvalue weighted by atomic mass is 32.1. The van der Waals surface area contributed by atoms with Crippen molar-refractivity contribution in [2.45, 2.75) is 27.2 Å². The van der Waals surface area contributed by atoms with Crippen molar-refractivity contribution in [3.05, 3.63) is 11.1 Å². The number of hydrogen-bond donors (Lipinski definition) is 1. The maximum absolute atomic E-state index is 12.3. The number of anilines is 1. The first-order valence-electron chi connectivity index (χ1n) is 7.62. The van der Waals surface area contributed by atoms with E-state index in [4.69, 9.17) is 4.74 Å². The zero-order valence-corrected chi connectivity index (χ0v) is 14.3. The molecule has 0 unspecified atom stereocenters. The molecular formula is C15H21N3O4S. The van der Waals surface area contributed by atoms with Crippen LogP contribution in [0.2, 0.25) is 0 Å². The van der Waals surface area contributed by atoms with Crippen molar-refractivity contribution >= 4 is 34.3 Å². The summed E-state index contributed by atoms with van der Waals surface area (Å²) in [6.45, 7) is 7.15. The van der Waals surface area contributed by atoms with E-state index in [1.807, 2.05) is 13.8 Å². The number of ether oxygens (including phenoxy) is 1. The van der Waals surface area contributed by atoms with Gasteiger partial charge in [0.15, 0.2) is 10.8 Å². The highest BCUT2D eigenvalue weighted by molar-refractivity contribution is 7.14. The van der Waals surface area contributed by atoms with Crippen molar-refractivity contribution in [1.29, 1.82) is 0 Å². The first kappa shape index (κ1) is 17.4. The Morgan fingerprint density at radius 3 is 2.91 bits per heavy atom. The lowest BCUT2D eigenvalue weighted by molar-refractivity contribution is -0.128. The number of likely N-dealkylation sites (tertiary alicyclic amines) is 1. The number of thiazole rings is 1. The number of nitrogens with one attached hydrogen (secondary N) is 1. The van der Waals surface area contributed by atoms with E-state index >= 15 is 0 Å². The summed E-state index contributed by atoms with van der Waals surface area (Å²) in [6, 6.07) is 0. The zero-order valence-electron chi connectivity index (χ0n) is 13.5. The summed E-state index contributed by atoms with van der Waals surface area (Å²) in [6.07, 6.45) is 0.217. The molecule has 23 heavy (non-hydrogen) atoms. The number of amides is 2. The molecule has 1 fully saturated rings.